The standard InChI is InChI=1S/C15H17N5OS/c16-6-4-14-19-12(10-22-14)15(21)17-7-5-11-9-20-8-2-1-3-13(20)18-11/h1-3,8-10H,4-7,16H2,(H,17,21). The molecule has 0 aliphatic carbocycles. The van der Waals surface area contributed by atoms with Crippen LogP contribution in [0.25, 0.3) is 5.65 Å². The number of aromatic nitrogens is 3. The van der Waals surface area contributed by atoms with Crippen molar-refractivity contribution in [2.24, 2.45) is 5.73 Å². The van der Waals surface area contributed by atoms with Crippen LogP contribution in [0.4, 0.5) is 0 Å². The van der Waals surface area contributed by atoms with Gasteiger partial charge < -0.3 is 15.5 Å². The molecule has 0 saturated carbocycles. The Morgan fingerprint density at radius 2 is 2.23 bits per heavy atom. The minimum absolute atomic E-state index is 0.150. The van der Waals surface area contributed by atoms with E-state index in [2.05, 4.69) is 15.3 Å². The Hall–Kier alpha value is -2.25. The number of rotatable bonds is 6. The molecule has 3 heterocycles. The van der Waals surface area contributed by atoms with Gasteiger partial charge in [0.1, 0.15) is 11.3 Å². The summed E-state index contributed by atoms with van der Waals surface area (Å²) in [7, 11) is 0. The van der Waals surface area contributed by atoms with E-state index in [0.717, 1.165) is 16.3 Å². The van der Waals surface area contributed by atoms with Gasteiger partial charge in [0.2, 0.25) is 0 Å². The van der Waals surface area contributed by atoms with Gasteiger partial charge in [-0.25, -0.2) is 9.97 Å². The molecule has 0 aliphatic heterocycles. The van der Waals surface area contributed by atoms with Crippen LogP contribution in [-0.2, 0) is 12.8 Å². The van der Waals surface area contributed by atoms with E-state index in [1.54, 1.807) is 5.38 Å². The summed E-state index contributed by atoms with van der Waals surface area (Å²) in [4.78, 5) is 20.8. The largest absolute Gasteiger partial charge is 0.350 e. The van der Waals surface area contributed by atoms with Crippen LogP contribution in [0.5, 0.6) is 0 Å². The quantitative estimate of drug-likeness (QED) is 0.717. The van der Waals surface area contributed by atoms with Crippen molar-refractivity contribution in [1.29, 1.82) is 0 Å². The normalized spacial score (nSPS) is 11.0. The zero-order valence-electron chi connectivity index (χ0n) is 12.0. The highest BCUT2D eigenvalue weighted by atomic mass is 32.1. The summed E-state index contributed by atoms with van der Waals surface area (Å²) in [6.45, 7) is 1.08. The fourth-order valence-corrected chi connectivity index (χ4v) is 2.95. The van der Waals surface area contributed by atoms with Gasteiger partial charge in [0.05, 0.1) is 10.7 Å². The maximum Gasteiger partial charge on any atom is 0.270 e. The van der Waals surface area contributed by atoms with Gasteiger partial charge in [-0.05, 0) is 18.7 Å². The zero-order valence-corrected chi connectivity index (χ0v) is 12.8. The molecule has 0 unspecified atom stereocenters. The Bertz CT molecular complexity index is 746. The van der Waals surface area contributed by atoms with Gasteiger partial charge in [-0.3, -0.25) is 4.79 Å². The lowest BCUT2D eigenvalue weighted by Crippen LogP contribution is -2.26. The van der Waals surface area contributed by atoms with Crippen molar-refractivity contribution in [3.8, 4) is 0 Å². The summed E-state index contributed by atoms with van der Waals surface area (Å²) in [6, 6.07) is 5.87. The van der Waals surface area contributed by atoms with E-state index in [0.29, 0.717) is 31.6 Å². The topological polar surface area (TPSA) is 85.3 Å². The van der Waals surface area contributed by atoms with Gasteiger partial charge >= 0.3 is 0 Å². The van der Waals surface area contributed by atoms with Crippen molar-refractivity contribution >= 4 is 22.9 Å². The third-order valence-corrected chi connectivity index (χ3v) is 4.13. The fraction of sp³-hybridized carbons (Fsp3) is 0.267. The van der Waals surface area contributed by atoms with E-state index in [9.17, 15) is 4.79 Å². The number of nitrogens with one attached hydrogen (secondary N) is 1. The SMILES string of the molecule is NCCc1nc(C(=O)NCCc2cn3ccccc3n2)cs1. The third-order valence-electron chi connectivity index (χ3n) is 3.22. The van der Waals surface area contributed by atoms with E-state index in [4.69, 9.17) is 5.73 Å². The molecular formula is C15H17N5OS. The Balaban J connectivity index is 1.54. The average molecular weight is 315 g/mol. The molecule has 114 valence electrons. The number of nitrogens with two attached hydrogens (primary N) is 1. The number of carbonyl (C=O) groups excluding carboxylic acids is 1. The van der Waals surface area contributed by atoms with Crippen molar-refractivity contribution in [3.05, 3.63) is 52.4 Å². The first-order valence-corrected chi connectivity index (χ1v) is 7.99. The fourth-order valence-electron chi connectivity index (χ4n) is 2.16. The molecule has 0 saturated heterocycles. The van der Waals surface area contributed by atoms with Crippen LogP contribution in [0.3, 0.4) is 0 Å². The minimum Gasteiger partial charge on any atom is -0.350 e. The molecule has 0 aliphatic rings. The molecule has 3 rings (SSSR count). The predicted octanol–water partition coefficient (Wildman–Crippen LogP) is 1.26. The van der Waals surface area contributed by atoms with Crippen molar-refractivity contribution in [2.75, 3.05) is 13.1 Å². The molecule has 3 aromatic heterocycles. The number of nitrogens with zero attached hydrogens (tertiary/aromatic N) is 3. The number of imidazole rings is 1. The lowest BCUT2D eigenvalue weighted by molar-refractivity contribution is 0.0949. The molecule has 1 amide bonds. The zero-order chi connectivity index (χ0) is 15.4. The van der Waals surface area contributed by atoms with E-state index in [1.807, 2.05) is 35.0 Å². The Morgan fingerprint density at radius 1 is 1.32 bits per heavy atom. The Morgan fingerprint density at radius 3 is 3.05 bits per heavy atom. The van der Waals surface area contributed by atoms with Gasteiger partial charge in [0.15, 0.2) is 0 Å². The first kappa shape index (κ1) is 14.7. The smallest absolute Gasteiger partial charge is 0.270 e. The number of hydrogen-bond donors (Lipinski definition) is 2. The van der Waals surface area contributed by atoms with E-state index >= 15 is 0 Å². The van der Waals surface area contributed by atoms with Crippen LogP contribution < -0.4 is 11.1 Å². The average Bonchev–Trinajstić information content (AvgIpc) is 3.13. The molecule has 0 atom stereocenters. The van der Waals surface area contributed by atoms with Gasteiger partial charge in [-0.1, -0.05) is 6.07 Å². The Labute approximate surface area is 132 Å². The monoisotopic (exact) mass is 315 g/mol. The second-order valence-corrected chi connectivity index (χ2v) is 5.81. The van der Waals surface area contributed by atoms with E-state index < -0.39 is 0 Å². The van der Waals surface area contributed by atoms with Crippen molar-refractivity contribution in [2.45, 2.75) is 12.8 Å². The predicted molar refractivity (Wildman–Crippen MR) is 86.1 cm³/mol. The molecule has 22 heavy (non-hydrogen) atoms. The molecule has 3 aromatic rings. The first-order chi connectivity index (χ1) is 10.8. The van der Waals surface area contributed by atoms with E-state index in [1.165, 1.54) is 11.3 Å². The minimum atomic E-state index is -0.150. The second kappa shape index (κ2) is 6.67. The number of carbonyl (C=O) groups is 1. The summed E-state index contributed by atoms with van der Waals surface area (Å²) in [5, 5.41) is 5.54. The highest BCUT2D eigenvalue weighted by molar-refractivity contribution is 7.09. The highest BCUT2D eigenvalue weighted by Crippen LogP contribution is 2.10. The van der Waals surface area contributed by atoms with Crippen LogP contribution in [0, 0.1) is 0 Å². The van der Waals surface area contributed by atoms with Gasteiger partial charge in [0, 0.05) is 37.2 Å². The summed E-state index contributed by atoms with van der Waals surface area (Å²) < 4.78 is 1.97. The Kier molecular flexibility index (Phi) is 4.45. The first-order valence-electron chi connectivity index (χ1n) is 7.11. The van der Waals surface area contributed by atoms with Gasteiger partial charge in [0.25, 0.3) is 5.91 Å². The maximum absolute atomic E-state index is 12.0. The molecule has 0 bridgehead atoms. The van der Waals surface area contributed by atoms with Gasteiger partial charge in [-0.2, -0.15) is 0 Å². The summed E-state index contributed by atoms with van der Waals surface area (Å²) in [6.07, 6.45) is 5.33. The van der Waals surface area contributed by atoms with Crippen molar-refractivity contribution < 1.29 is 4.79 Å². The molecule has 6 nitrogen and oxygen atoms in total. The van der Waals surface area contributed by atoms with Crippen LogP contribution >= 0.6 is 11.3 Å². The van der Waals surface area contributed by atoms with Gasteiger partial charge in [-0.15, -0.1) is 11.3 Å². The molecule has 0 spiro atoms. The number of amides is 1. The molecule has 0 aromatic carbocycles. The van der Waals surface area contributed by atoms with Crippen LogP contribution in [0.2, 0.25) is 0 Å². The van der Waals surface area contributed by atoms with Crippen molar-refractivity contribution in [3.63, 3.8) is 0 Å². The van der Waals surface area contributed by atoms with Crippen LogP contribution in [-0.4, -0.2) is 33.4 Å². The molecule has 3 N–H and O–H groups in total. The summed E-state index contributed by atoms with van der Waals surface area (Å²) in [5.41, 5.74) is 7.81. The van der Waals surface area contributed by atoms with Crippen LogP contribution in [0.15, 0.2) is 36.0 Å². The number of hydrogen-bond acceptors (Lipinski definition) is 5. The second-order valence-electron chi connectivity index (χ2n) is 4.87. The van der Waals surface area contributed by atoms with E-state index in [-0.39, 0.29) is 5.91 Å². The molecular weight excluding hydrogens is 298 g/mol. The lowest BCUT2D eigenvalue weighted by Gasteiger charge is -2.00. The third kappa shape index (κ3) is 3.32. The number of thiazole rings is 1. The van der Waals surface area contributed by atoms with Crippen molar-refractivity contribution in [1.82, 2.24) is 19.7 Å². The number of fused-ring (bicyclic) bond motifs is 1. The summed E-state index contributed by atoms with van der Waals surface area (Å²) >= 11 is 1.47. The van der Waals surface area contributed by atoms with Crippen LogP contribution in [0.1, 0.15) is 21.2 Å². The highest BCUT2D eigenvalue weighted by Gasteiger charge is 2.10. The summed E-state index contributed by atoms with van der Waals surface area (Å²) in [5.74, 6) is -0.150. The lowest BCUT2D eigenvalue weighted by atomic mass is 10.3. The maximum atomic E-state index is 12.0. The number of pyridine rings is 1. The molecule has 0 radical (unpaired) electrons. The molecule has 7 heteroatoms. The molecule has 0 fully saturated rings.